The van der Waals surface area contributed by atoms with Gasteiger partial charge in [-0.2, -0.15) is 16.4 Å². The van der Waals surface area contributed by atoms with E-state index >= 15 is 0 Å². The highest BCUT2D eigenvalue weighted by atomic mass is 35.5. The SMILES string of the molecule is COCc1c(C(=O)NC2CCCCC2)nn(-c2ccc(Cl)cc2C)c1-c1ccc(-c2ccsc2)cc1. The van der Waals surface area contributed by atoms with E-state index in [0.29, 0.717) is 10.7 Å². The Bertz CT molecular complexity index is 1340. The van der Waals surface area contributed by atoms with Crippen LogP contribution in [-0.2, 0) is 11.3 Å². The molecule has 0 aliphatic heterocycles. The molecule has 0 radical (unpaired) electrons. The lowest BCUT2D eigenvalue weighted by Gasteiger charge is -2.22. The molecule has 0 bridgehead atoms. The third-order valence-corrected chi connectivity index (χ3v) is 7.75. The van der Waals surface area contributed by atoms with Gasteiger partial charge in [0.15, 0.2) is 5.69 Å². The first-order valence-corrected chi connectivity index (χ1v) is 13.7. The summed E-state index contributed by atoms with van der Waals surface area (Å²) in [6.07, 6.45) is 5.56. The first-order valence-electron chi connectivity index (χ1n) is 12.4. The highest BCUT2D eigenvalue weighted by Crippen LogP contribution is 2.34. The first kappa shape index (κ1) is 24.8. The van der Waals surface area contributed by atoms with Gasteiger partial charge >= 0.3 is 0 Å². The van der Waals surface area contributed by atoms with E-state index in [9.17, 15) is 4.79 Å². The molecule has 186 valence electrons. The second-order valence-electron chi connectivity index (χ2n) is 9.35. The quantitative estimate of drug-likeness (QED) is 0.276. The van der Waals surface area contributed by atoms with Crippen LogP contribution >= 0.6 is 22.9 Å². The van der Waals surface area contributed by atoms with Gasteiger partial charge in [-0.15, -0.1) is 0 Å². The molecule has 1 amide bonds. The Morgan fingerprint density at radius 2 is 1.83 bits per heavy atom. The van der Waals surface area contributed by atoms with Crippen molar-refractivity contribution in [1.82, 2.24) is 15.1 Å². The summed E-state index contributed by atoms with van der Waals surface area (Å²) >= 11 is 7.94. The van der Waals surface area contributed by atoms with Crippen LogP contribution in [0.25, 0.3) is 28.1 Å². The van der Waals surface area contributed by atoms with Crippen LogP contribution in [0.5, 0.6) is 0 Å². The number of aromatic nitrogens is 2. The fourth-order valence-corrected chi connectivity index (χ4v) is 5.88. The Kier molecular flexibility index (Phi) is 7.56. The summed E-state index contributed by atoms with van der Waals surface area (Å²) in [5.41, 5.74) is 7.22. The van der Waals surface area contributed by atoms with Gasteiger partial charge in [0.25, 0.3) is 5.91 Å². The zero-order valence-electron chi connectivity index (χ0n) is 20.6. The molecule has 7 heteroatoms. The number of hydrogen-bond acceptors (Lipinski definition) is 4. The van der Waals surface area contributed by atoms with Crippen molar-refractivity contribution < 1.29 is 9.53 Å². The topological polar surface area (TPSA) is 56.1 Å². The van der Waals surface area contributed by atoms with Crippen molar-refractivity contribution in [3.63, 3.8) is 0 Å². The standard InChI is InChI=1S/C29H30ClN3O2S/c1-19-16-23(30)12-13-26(19)33-28(21-10-8-20(9-11-21)22-14-15-36-18-22)25(17-35-2)27(32-33)29(34)31-24-6-4-3-5-7-24/h8-16,18,24H,3-7,17H2,1-2H3,(H,31,34). The summed E-state index contributed by atoms with van der Waals surface area (Å²) in [6, 6.07) is 16.4. The maximum atomic E-state index is 13.5. The number of halogens is 1. The minimum atomic E-state index is -0.143. The molecule has 1 saturated carbocycles. The van der Waals surface area contributed by atoms with Crippen LogP contribution in [0.1, 0.15) is 53.7 Å². The number of benzene rings is 2. The van der Waals surface area contributed by atoms with Gasteiger partial charge in [-0.3, -0.25) is 4.79 Å². The number of ether oxygens (including phenoxy) is 1. The smallest absolute Gasteiger partial charge is 0.272 e. The average Bonchev–Trinajstić information content (AvgIpc) is 3.54. The number of aryl methyl sites for hydroxylation is 1. The lowest BCUT2D eigenvalue weighted by molar-refractivity contribution is 0.0917. The van der Waals surface area contributed by atoms with Gasteiger partial charge < -0.3 is 10.1 Å². The van der Waals surface area contributed by atoms with Crippen LogP contribution in [0.3, 0.4) is 0 Å². The Hall–Kier alpha value is -2.93. The van der Waals surface area contributed by atoms with Crippen molar-refractivity contribution >= 4 is 28.8 Å². The van der Waals surface area contributed by atoms with Crippen molar-refractivity contribution in [2.24, 2.45) is 0 Å². The number of nitrogens with one attached hydrogen (secondary N) is 1. The van der Waals surface area contributed by atoms with Gasteiger partial charge in [0, 0.05) is 29.3 Å². The maximum Gasteiger partial charge on any atom is 0.272 e. The minimum Gasteiger partial charge on any atom is -0.380 e. The third kappa shape index (κ3) is 5.12. The number of methoxy groups -OCH3 is 1. The lowest BCUT2D eigenvalue weighted by atomic mass is 9.95. The van der Waals surface area contributed by atoms with Gasteiger partial charge in [0.2, 0.25) is 0 Å². The summed E-state index contributed by atoms with van der Waals surface area (Å²) in [5.74, 6) is -0.143. The molecule has 1 aliphatic rings. The average molecular weight is 520 g/mol. The third-order valence-electron chi connectivity index (χ3n) is 6.83. The minimum absolute atomic E-state index is 0.143. The molecule has 4 aromatic rings. The molecule has 1 N–H and O–H groups in total. The fraction of sp³-hybridized carbons (Fsp3) is 0.310. The summed E-state index contributed by atoms with van der Waals surface area (Å²) < 4.78 is 7.47. The highest BCUT2D eigenvalue weighted by Gasteiger charge is 2.27. The van der Waals surface area contributed by atoms with Gasteiger partial charge in [-0.1, -0.05) is 55.1 Å². The van der Waals surface area contributed by atoms with Crippen molar-refractivity contribution in [3.8, 4) is 28.1 Å². The first-order chi connectivity index (χ1) is 17.5. The second kappa shape index (κ2) is 11.0. The number of carbonyl (C=O) groups excluding carboxylic acids is 1. The molecule has 1 aliphatic carbocycles. The summed E-state index contributed by atoms with van der Waals surface area (Å²) in [6.45, 7) is 2.28. The normalized spacial score (nSPS) is 14.2. The van der Waals surface area contributed by atoms with E-state index in [1.165, 1.54) is 12.0 Å². The summed E-state index contributed by atoms with van der Waals surface area (Å²) in [7, 11) is 1.65. The monoisotopic (exact) mass is 519 g/mol. The molecule has 0 spiro atoms. The second-order valence-corrected chi connectivity index (χ2v) is 10.6. The van der Waals surface area contributed by atoms with E-state index in [-0.39, 0.29) is 18.6 Å². The van der Waals surface area contributed by atoms with Crippen LogP contribution in [0.2, 0.25) is 5.02 Å². The molecular formula is C29H30ClN3O2S. The molecule has 2 aromatic heterocycles. The molecule has 2 aromatic carbocycles. The van der Waals surface area contributed by atoms with E-state index in [0.717, 1.165) is 59.3 Å². The molecule has 5 rings (SSSR count). The van der Waals surface area contributed by atoms with Crippen LogP contribution < -0.4 is 5.32 Å². The summed E-state index contributed by atoms with van der Waals surface area (Å²) in [5, 5.41) is 13.0. The number of carbonyl (C=O) groups is 1. The molecule has 2 heterocycles. The Balaban J connectivity index is 1.63. The Labute approximate surface area is 221 Å². The van der Waals surface area contributed by atoms with Crippen molar-refractivity contribution in [1.29, 1.82) is 0 Å². The molecular weight excluding hydrogens is 490 g/mol. The highest BCUT2D eigenvalue weighted by molar-refractivity contribution is 7.08. The van der Waals surface area contributed by atoms with E-state index < -0.39 is 0 Å². The predicted octanol–water partition coefficient (Wildman–Crippen LogP) is 7.44. The van der Waals surface area contributed by atoms with Crippen molar-refractivity contribution in [2.75, 3.05) is 7.11 Å². The summed E-state index contributed by atoms with van der Waals surface area (Å²) in [4.78, 5) is 13.5. The van der Waals surface area contributed by atoms with Gasteiger partial charge in [-0.05, 0) is 71.5 Å². The Morgan fingerprint density at radius 1 is 1.08 bits per heavy atom. The predicted molar refractivity (Wildman–Crippen MR) is 147 cm³/mol. The van der Waals surface area contributed by atoms with Crippen LogP contribution in [-0.4, -0.2) is 28.8 Å². The van der Waals surface area contributed by atoms with Crippen molar-refractivity contribution in [2.45, 2.75) is 51.7 Å². The zero-order valence-corrected chi connectivity index (χ0v) is 22.2. The van der Waals surface area contributed by atoms with E-state index in [2.05, 4.69) is 46.4 Å². The number of nitrogens with zero attached hydrogens (tertiary/aromatic N) is 2. The number of amides is 1. The van der Waals surface area contributed by atoms with Gasteiger partial charge in [0.05, 0.1) is 18.0 Å². The maximum absolute atomic E-state index is 13.5. The fourth-order valence-electron chi connectivity index (χ4n) is 4.99. The number of thiophene rings is 1. The molecule has 0 unspecified atom stereocenters. The van der Waals surface area contributed by atoms with Gasteiger partial charge in [0.1, 0.15) is 0 Å². The molecule has 1 fully saturated rings. The zero-order chi connectivity index (χ0) is 25.1. The van der Waals surface area contributed by atoms with Crippen molar-refractivity contribution in [3.05, 3.63) is 81.1 Å². The number of rotatable bonds is 7. The van der Waals surface area contributed by atoms with E-state index in [4.69, 9.17) is 21.4 Å². The number of hydrogen-bond donors (Lipinski definition) is 1. The Morgan fingerprint density at radius 3 is 2.50 bits per heavy atom. The van der Waals surface area contributed by atoms with E-state index in [1.807, 2.05) is 29.8 Å². The molecule has 0 saturated heterocycles. The van der Waals surface area contributed by atoms with Crippen LogP contribution in [0.4, 0.5) is 0 Å². The van der Waals surface area contributed by atoms with E-state index in [1.54, 1.807) is 18.4 Å². The lowest BCUT2D eigenvalue weighted by Crippen LogP contribution is -2.36. The molecule has 5 nitrogen and oxygen atoms in total. The van der Waals surface area contributed by atoms with Crippen LogP contribution in [0.15, 0.2) is 59.3 Å². The van der Waals surface area contributed by atoms with Crippen LogP contribution in [0, 0.1) is 6.92 Å². The largest absolute Gasteiger partial charge is 0.380 e. The molecule has 0 atom stereocenters. The molecule has 36 heavy (non-hydrogen) atoms. The van der Waals surface area contributed by atoms with Gasteiger partial charge in [-0.25, -0.2) is 4.68 Å².